The van der Waals surface area contributed by atoms with E-state index < -0.39 is 6.10 Å². The number of hydrogen-bond acceptors (Lipinski definition) is 6. The number of carbonyl (C=O) groups is 1. The number of aryl methyl sites for hydroxylation is 1. The van der Waals surface area contributed by atoms with Crippen LogP contribution >= 0.6 is 0 Å². The number of aliphatic hydroxyl groups is 1. The first-order valence-electron chi connectivity index (χ1n) is 13.7. The molecule has 1 aliphatic heterocycles. The molecule has 2 N–H and O–H groups in total. The van der Waals surface area contributed by atoms with Crippen LogP contribution in [-0.4, -0.2) is 82.6 Å². The maximum atomic E-state index is 13.0. The normalized spacial score (nSPS) is 15.4. The van der Waals surface area contributed by atoms with E-state index in [1.807, 2.05) is 16.8 Å². The van der Waals surface area contributed by atoms with E-state index in [0.717, 1.165) is 55.2 Å². The van der Waals surface area contributed by atoms with Crippen molar-refractivity contribution in [2.45, 2.75) is 39.8 Å². The zero-order chi connectivity index (χ0) is 27.8. The van der Waals surface area contributed by atoms with Gasteiger partial charge in [-0.05, 0) is 61.2 Å². The van der Waals surface area contributed by atoms with E-state index >= 15 is 0 Å². The Morgan fingerprint density at radius 2 is 1.77 bits per heavy atom. The zero-order valence-electron chi connectivity index (χ0n) is 23.1. The third kappa shape index (κ3) is 8.61. The van der Waals surface area contributed by atoms with Gasteiger partial charge in [0.1, 0.15) is 24.3 Å². The first-order chi connectivity index (χ1) is 18.8. The molecule has 0 unspecified atom stereocenters. The van der Waals surface area contributed by atoms with Gasteiger partial charge >= 0.3 is 0 Å². The van der Waals surface area contributed by atoms with E-state index in [-0.39, 0.29) is 18.3 Å². The molecule has 39 heavy (non-hydrogen) atoms. The lowest BCUT2D eigenvalue weighted by Gasteiger charge is -2.35. The number of aromatic nitrogens is 2. The first kappa shape index (κ1) is 28.7. The summed E-state index contributed by atoms with van der Waals surface area (Å²) in [5, 5.41) is 18.2. The third-order valence-electron chi connectivity index (χ3n) is 6.82. The monoisotopic (exact) mass is 537 g/mol. The Morgan fingerprint density at radius 1 is 1.08 bits per heavy atom. The summed E-state index contributed by atoms with van der Waals surface area (Å²) in [5.74, 6) is 0.685. The minimum atomic E-state index is -0.648. The van der Waals surface area contributed by atoms with Crippen LogP contribution in [0.1, 0.15) is 30.8 Å². The minimum Gasteiger partial charge on any atom is -0.491 e. The second-order valence-corrected chi connectivity index (χ2v) is 10.7. The highest BCUT2D eigenvalue weighted by Gasteiger charge is 2.21. The second kappa shape index (κ2) is 13.7. The molecule has 4 rings (SSSR count). The van der Waals surface area contributed by atoms with Crippen LogP contribution < -0.4 is 10.1 Å². The van der Waals surface area contributed by atoms with E-state index in [0.29, 0.717) is 31.3 Å². The van der Waals surface area contributed by atoms with E-state index in [9.17, 15) is 14.3 Å². The van der Waals surface area contributed by atoms with E-state index in [2.05, 4.69) is 54.1 Å². The fourth-order valence-corrected chi connectivity index (χ4v) is 4.79. The highest BCUT2D eigenvalue weighted by atomic mass is 19.1. The van der Waals surface area contributed by atoms with Crippen LogP contribution in [0.2, 0.25) is 0 Å². The van der Waals surface area contributed by atoms with Crippen LogP contribution in [0.25, 0.3) is 5.69 Å². The Balaban J connectivity index is 1.20. The van der Waals surface area contributed by atoms with Gasteiger partial charge in [0.05, 0.1) is 24.5 Å². The molecule has 1 aliphatic rings. The molecule has 8 nitrogen and oxygen atoms in total. The summed E-state index contributed by atoms with van der Waals surface area (Å²) in [6, 6.07) is 16.1. The molecule has 1 aromatic heterocycles. The highest BCUT2D eigenvalue weighted by molar-refractivity contribution is 5.78. The first-order valence-corrected chi connectivity index (χ1v) is 13.7. The third-order valence-corrected chi connectivity index (χ3v) is 6.82. The molecule has 210 valence electrons. The van der Waals surface area contributed by atoms with Gasteiger partial charge in [0.25, 0.3) is 0 Å². The Morgan fingerprint density at radius 3 is 2.46 bits per heavy atom. The number of aliphatic hydroxyl groups excluding tert-OH is 1. The van der Waals surface area contributed by atoms with Crippen molar-refractivity contribution in [2.24, 2.45) is 5.92 Å². The number of nitrogens with one attached hydrogen (secondary N) is 1. The van der Waals surface area contributed by atoms with Gasteiger partial charge in [-0.1, -0.05) is 32.0 Å². The maximum Gasteiger partial charge on any atom is 0.234 e. The Kier molecular flexibility index (Phi) is 10.1. The number of amides is 1. The predicted molar refractivity (Wildman–Crippen MR) is 149 cm³/mol. The fourth-order valence-electron chi connectivity index (χ4n) is 4.79. The minimum absolute atomic E-state index is 0.0213. The molecule has 3 aromatic rings. The van der Waals surface area contributed by atoms with Crippen molar-refractivity contribution in [1.82, 2.24) is 24.9 Å². The summed E-state index contributed by atoms with van der Waals surface area (Å²) in [6.07, 6.45) is 0.261. The second-order valence-electron chi connectivity index (χ2n) is 10.7. The number of ether oxygens (including phenoxy) is 1. The Hall–Kier alpha value is -3.27. The summed E-state index contributed by atoms with van der Waals surface area (Å²) in [7, 11) is 0. The molecule has 0 radical (unpaired) electrons. The number of piperazine rings is 1. The van der Waals surface area contributed by atoms with Gasteiger partial charge in [-0.2, -0.15) is 5.10 Å². The fraction of sp³-hybridized carbons (Fsp3) is 0.467. The van der Waals surface area contributed by atoms with Crippen molar-refractivity contribution in [3.05, 3.63) is 77.4 Å². The number of para-hydroxylation sites is 1. The van der Waals surface area contributed by atoms with Gasteiger partial charge in [-0.15, -0.1) is 0 Å². The average Bonchev–Trinajstić information content (AvgIpc) is 3.30. The van der Waals surface area contributed by atoms with E-state index in [1.165, 1.54) is 12.1 Å². The van der Waals surface area contributed by atoms with Crippen molar-refractivity contribution in [2.75, 3.05) is 45.9 Å². The number of nitrogens with zero attached hydrogens (tertiary/aromatic N) is 4. The molecular weight excluding hydrogens is 497 g/mol. The largest absolute Gasteiger partial charge is 0.491 e. The van der Waals surface area contributed by atoms with Crippen molar-refractivity contribution in [3.8, 4) is 11.4 Å². The summed E-state index contributed by atoms with van der Waals surface area (Å²) >= 11 is 0. The van der Waals surface area contributed by atoms with Crippen molar-refractivity contribution < 1.29 is 19.0 Å². The summed E-state index contributed by atoms with van der Waals surface area (Å²) in [4.78, 5) is 17.0. The lowest BCUT2D eigenvalue weighted by atomic mass is 10.1. The van der Waals surface area contributed by atoms with Crippen LogP contribution in [0, 0.1) is 18.7 Å². The lowest BCUT2D eigenvalue weighted by molar-refractivity contribution is -0.122. The highest BCUT2D eigenvalue weighted by Crippen LogP contribution is 2.19. The molecular formula is C30H40FN5O3. The lowest BCUT2D eigenvalue weighted by Crippen LogP contribution is -2.51. The molecule has 0 saturated carbocycles. The number of carbonyl (C=O) groups excluding carboxylic acids is 1. The molecule has 1 amide bonds. The summed E-state index contributed by atoms with van der Waals surface area (Å²) in [5.41, 5.74) is 4.22. The van der Waals surface area contributed by atoms with Crippen molar-refractivity contribution in [3.63, 3.8) is 0 Å². The number of β-amino-alcohol motifs (C(OH)–C–C–N with tert-alkyl or cyclic N) is 1. The molecule has 1 saturated heterocycles. The standard InChI is InChI=1S/C30H40FN5O3/c1-22(2)16-26-17-25(33-36(26)29-7-5-4-6-23(29)3)18-32-30(38)20-35-14-12-34(13-15-35)19-27(37)21-39-28-10-8-24(31)9-11-28/h4-11,17,22,27,37H,12-16,18-21H2,1-3H3,(H,32,38)/t27-/m1/s1. The molecule has 0 spiro atoms. The van der Waals surface area contributed by atoms with E-state index in [4.69, 9.17) is 9.84 Å². The SMILES string of the molecule is Cc1ccccc1-n1nc(CNC(=O)CN2CCN(C[C@@H](O)COc3ccc(F)cc3)CC2)cc1CC(C)C. The van der Waals surface area contributed by atoms with Gasteiger partial charge in [0.15, 0.2) is 0 Å². The summed E-state index contributed by atoms with van der Waals surface area (Å²) in [6.45, 7) is 10.9. The Labute approximate surface area is 230 Å². The van der Waals surface area contributed by atoms with Crippen LogP contribution in [0.5, 0.6) is 5.75 Å². The molecule has 0 bridgehead atoms. The number of hydrogen-bond donors (Lipinski definition) is 2. The van der Waals surface area contributed by atoms with E-state index in [1.54, 1.807) is 12.1 Å². The van der Waals surface area contributed by atoms with Crippen LogP contribution in [0.4, 0.5) is 4.39 Å². The predicted octanol–water partition coefficient (Wildman–Crippen LogP) is 3.19. The van der Waals surface area contributed by atoms with Gasteiger partial charge in [-0.3, -0.25) is 14.6 Å². The number of halogens is 1. The molecule has 9 heteroatoms. The summed E-state index contributed by atoms with van der Waals surface area (Å²) < 4.78 is 20.6. The number of benzene rings is 2. The van der Waals surface area contributed by atoms with Crippen LogP contribution in [-0.2, 0) is 17.8 Å². The maximum absolute atomic E-state index is 13.0. The Bertz CT molecular complexity index is 1210. The molecule has 0 aliphatic carbocycles. The quantitative estimate of drug-likeness (QED) is 0.369. The average molecular weight is 538 g/mol. The number of rotatable bonds is 12. The molecule has 2 aromatic carbocycles. The van der Waals surface area contributed by atoms with Gasteiger partial charge in [0.2, 0.25) is 5.91 Å². The van der Waals surface area contributed by atoms with Crippen LogP contribution in [0.15, 0.2) is 54.6 Å². The van der Waals surface area contributed by atoms with Crippen LogP contribution in [0.3, 0.4) is 0 Å². The smallest absolute Gasteiger partial charge is 0.234 e. The molecule has 2 heterocycles. The zero-order valence-corrected chi connectivity index (χ0v) is 23.1. The van der Waals surface area contributed by atoms with Crippen molar-refractivity contribution >= 4 is 5.91 Å². The van der Waals surface area contributed by atoms with Gasteiger partial charge in [0, 0.05) is 38.4 Å². The van der Waals surface area contributed by atoms with Gasteiger partial charge < -0.3 is 15.2 Å². The topological polar surface area (TPSA) is 82.9 Å². The van der Waals surface area contributed by atoms with Crippen molar-refractivity contribution in [1.29, 1.82) is 0 Å². The van der Waals surface area contributed by atoms with Gasteiger partial charge in [-0.25, -0.2) is 9.07 Å². The molecule has 1 atom stereocenters. The molecule has 1 fully saturated rings.